The summed E-state index contributed by atoms with van der Waals surface area (Å²) in [7, 11) is 0. The minimum Gasteiger partial charge on any atom is -0.462 e. The van der Waals surface area contributed by atoms with Gasteiger partial charge in [0.1, 0.15) is 6.10 Å². The molecule has 0 saturated heterocycles. The maximum Gasteiger partial charge on any atom is 0.306 e. The molecule has 0 aliphatic heterocycles. The predicted octanol–water partition coefficient (Wildman–Crippen LogP) is 17.6. The predicted molar refractivity (Wildman–Crippen MR) is 287 cm³/mol. The van der Waals surface area contributed by atoms with E-state index in [1.807, 2.05) is 0 Å². The van der Waals surface area contributed by atoms with Gasteiger partial charge in [0, 0.05) is 6.42 Å². The summed E-state index contributed by atoms with van der Waals surface area (Å²) in [6.45, 7) is 6.39. The summed E-state index contributed by atoms with van der Waals surface area (Å²) in [6.07, 6.45) is 67.1. The van der Waals surface area contributed by atoms with Gasteiger partial charge < -0.3 is 20.3 Å². The second-order valence-corrected chi connectivity index (χ2v) is 19.3. The zero-order chi connectivity index (χ0) is 48.1. The van der Waals surface area contributed by atoms with E-state index in [2.05, 4.69) is 86.8 Å². The second kappa shape index (κ2) is 53.5. The Morgan fingerprint density at radius 1 is 0.455 bits per heavy atom. The number of hydrogen-bond acceptors (Lipinski definition) is 5. The molecule has 3 atom stereocenters. The highest BCUT2D eigenvalue weighted by Gasteiger charge is 2.24. The van der Waals surface area contributed by atoms with E-state index in [9.17, 15) is 19.8 Å². The molecule has 0 bridgehead atoms. The van der Waals surface area contributed by atoms with E-state index < -0.39 is 18.2 Å². The Morgan fingerprint density at radius 2 is 0.818 bits per heavy atom. The Balaban J connectivity index is 4.57. The van der Waals surface area contributed by atoms with E-state index in [1.54, 1.807) is 0 Å². The number of ether oxygens (including phenoxy) is 1. The average molecular weight is 925 g/mol. The molecule has 1 amide bonds. The first-order chi connectivity index (χ1) is 32.5. The molecule has 6 heteroatoms. The van der Waals surface area contributed by atoms with Gasteiger partial charge in [-0.05, 0) is 70.6 Å². The fraction of sp³-hybridized carbons (Fsp3) is 0.800. The molecule has 3 unspecified atom stereocenters. The minimum atomic E-state index is -0.794. The molecule has 3 N–H and O–H groups in total. The number of carbonyl (C=O) groups is 2. The number of aliphatic hydroxyl groups excluding tert-OH is 2. The van der Waals surface area contributed by atoms with Crippen molar-refractivity contribution in [2.24, 2.45) is 0 Å². The van der Waals surface area contributed by atoms with E-state index in [0.29, 0.717) is 19.3 Å². The van der Waals surface area contributed by atoms with Gasteiger partial charge >= 0.3 is 5.97 Å². The van der Waals surface area contributed by atoms with Crippen LogP contribution in [0.5, 0.6) is 0 Å². The quantitative estimate of drug-likeness (QED) is 0.0321. The van der Waals surface area contributed by atoms with Crippen molar-refractivity contribution >= 4 is 11.9 Å². The van der Waals surface area contributed by atoms with Crippen molar-refractivity contribution in [3.63, 3.8) is 0 Å². The number of allylic oxidation sites excluding steroid dienone is 10. The lowest BCUT2D eigenvalue weighted by Gasteiger charge is -2.24. The van der Waals surface area contributed by atoms with Crippen molar-refractivity contribution in [3.8, 4) is 0 Å². The number of nitrogens with one attached hydrogen (secondary N) is 1. The van der Waals surface area contributed by atoms with Gasteiger partial charge in [0.25, 0.3) is 0 Å². The number of esters is 1. The Kier molecular flexibility index (Phi) is 51.5. The van der Waals surface area contributed by atoms with Crippen LogP contribution in [0.3, 0.4) is 0 Å². The first kappa shape index (κ1) is 63.6. The van der Waals surface area contributed by atoms with Crippen LogP contribution in [0.1, 0.15) is 284 Å². The number of rotatable bonds is 51. The SMILES string of the molecule is CC/C=C\C/C=C\C/C=C\C/C=C\C/C=C\CCCCCC(=O)OC(CCCCCCCCCCCCCCC)CC(=O)NC(CO)C(O)CCCCCCCCCCCCCCCCC. The van der Waals surface area contributed by atoms with Crippen LogP contribution in [0.25, 0.3) is 0 Å². The van der Waals surface area contributed by atoms with Gasteiger partial charge in [-0.25, -0.2) is 0 Å². The average Bonchev–Trinajstić information content (AvgIpc) is 3.31. The highest BCUT2D eigenvalue weighted by atomic mass is 16.5. The molecular weight excluding hydrogens is 815 g/mol. The Morgan fingerprint density at radius 3 is 1.23 bits per heavy atom. The second-order valence-electron chi connectivity index (χ2n) is 19.3. The molecule has 384 valence electrons. The number of unbranched alkanes of at least 4 members (excludes halogenated alkanes) is 29. The Hall–Kier alpha value is -2.44. The van der Waals surface area contributed by atoms with Crippen LogP contribution in [0.15, 0.2) is 60.8 Å². The number of amides is 1. The zero-order valence-corrected chi connectivity index (χ0v) is 43.8. The molecular formula is C60H109NO5. The van der Waals surface area contributed by atoms with Gasteiger partial charge in [0.05, 0.1) is 25.2 Å². The third kappa shape index (κ3) is 48.0. The van der Waals surface area contributed by atoms with Crippen molar-refractivity contribution in [2.75, 3.05) is 6.61 Å². The third-order valence-corrected chi connectivity index (χ3v) is 12.9. The molecule has 0 saturated carbocycles. The summed E-state index contributed by atoms with van der Waals surface area (Å²) < 4.78 is 5.94. The van der Waals surface area contributed by atoms with Crippen molar-refractivity contribution < 1.29 is 24.5 Å². The first-order valence-electron chi connectivity index (χ1n) is 28.5. The van der Waals surface area contributed by atoms with Crippen LogP contribution in [-0.4, -0.2) is 46.9 Å². The minimum absolute atomic E-state index is 0.0657. The zero-order valence-electron chi connectivity index (χ0n) is 43.8. The lowest BCUT2D eigenvalue weighted by molar-refractivity contribution is -0.151. The molecule has 0 aliphatic rings. The van der Waals surface area contributed by atoms with Gasteiger partial charge in [0.15, 0.2) is 0 Å². The van der Waals surface area contributed by atoms with Gasteiger partial charge in [-0.1, -0.05) is 261 Å². The summed E-state index contributed by atoms with van der Waals surface area (Å²) >= 11 is 0. The van der Waals surface area contributed by atoms with Gasteiger partial charge in [-0.2, -0.15) is 0 Å². The van der Waals surface area contributed by atoms with Crippen LogP contribution in [-0.2, 0) is 14.3 Å². The lowest BCUT2D eigenvalue weighted by Crippen LogP contribution is -2.46. The molecule has 0 aromatic rings. The number of carbonyl (C=O) groups excluding carboxylic acids is 2. The fourth-order valence-electron chi connectivity index (χ4n) is 8.58. The maximum atomic E-state index is 13.3. The molecule has 6 nitrogen and oxygen atoms in total. The van der Waals surface area contributed by atoms with Crippen LogP contribution < -0.4 is 5.32 Å². The van der Waals surface area contributed by atoms with Crippen LogP contribution in [0.4, 0.5) is 0 Å². The molecule has 66 heavy (non-hydrogen) atoms. The highest BCUT2D eigenvalue weighted by Crippen LogP contribution is 2.18. The number of hydrogen-bond donors (Lipinski definition) is 3. The van der Waals surface area contributed by atoms with Crippen LogP contribution in [0.2, 0.25) is 0 Å². The first-order valence-corrected chi connectivity index (χ1v) is 28.5. The normalized spacial score (nSPS) is 13.6. The van der Waals surface area contributed by atoms with E-state index in [-0.39, 0.29) is 24.9 Å². The number of aliphatic hydroxyl groups is 2. The Labute approximate surface area is 409 Å². The summed E-state index contributed by atoms with van der Waals surface area (Å²) in [5.41, 5.74) is 0. The summed E-state index contributed by atoms with van der Waals surface area (Å²) in [5.74, 6) is -0.501. The molecule has 0 aromatic heterocycles. The van der Waals surface area contributed by atoms with Crippen molar-refractivity contribution in [1.29, 1.82) is 0 Å². The van der Waals surface area contributed by atoms with E-state index >= 15 is 0 Å². The van der Waals surface area contributed by atoms with Crippen LogP contribution in [0, 0.1) is 0 Å². The molecule has 0 heterocycles. The van der Waals surface area contributed by atoms with Crippen molar-refractivity contribution in [3.05, 3.63) is 60.8 Å². The molecule has 0 fully saturated rings. The van der Waals surface area contributed by atoms with E-state index in [1.165, 1.54) is 148 Å². The van der Waals surface area contributed by atoms with Gasteiger partial charge in [-0.15, -0.1) is 0 Å². The Bertz CT molecular complexity index is 1170. The highest BCUT2D eigenvalue weighted by molar-refractivity contribution is 5.77. The van der Waals surface area contributed by atoms with Crippen LogP contribution >= 0.6 is 0 Å². The smallest absolute Gasteiger partial charge is 0.306 e. The molecule has 0 radical (unpaired) electrons. The summed E-state index contributed by atoms with van der Waals surface area (Å²) in [4.78, 5) is 26.2. The van der Waals surface area contributed by atoms with Crippen molar-refractivity contribution in [1.82, 2.24) is 5.32 Å². The van der Waals surface area contributed by atoms with E-state index in [4.69, 9.17) is 4.74 Å². The largest absolute Gasteiger partial charge is 0.462 e. The van der Waals surface area contributed by atoms with Gasteiger partial charge in [-0.3, -0.25) is 9.59 Å². The summed E-state index contributed by atoms with van der Waals surface area (Å²) in [6, 6.07) is -0.709. The lowest BCUT2D eigenvalue weighted by atomic mass is 10.0. The van der Waals surface area contributed by atoms with E-state index in [0.717, 1.165) is 89.9 Å². The topological polar surface area (TPSA) is 95.9 Å². The molecule has 0 spiro atoms. The standard InChI is InChI=1S/C60H109NO5/c1-4-7-10-13-16-19-22-25-27-28-29-30-32-35-38-41-44-47-50-53-60(65)66-56(51-48-45-42-39-36-33-24-21-18-15-12-9-6-3)54-59(64)61-57(55-62)58(63)52-49-46-43-40-37-34-31-26-23-20-17-14-11-8-5-2/h7,10,16,19,25,27,29-30,35,38,56-58,62-63H,4-6,8-9,11-15,17-18,20-24,26,28,31-34,36-37,39-55H2,1-3H3,(H,61,64)/b10-7-,19-16-,27-25-,30-29-,38-35-. The molecule has 0 aromatic carbocycles. The van der Waals surface area contributed by atoms with Crippen molar-refractivity contribution in [2.45, 2.75) is 302 Å². The monoisotopic (exact) mass is 924 g/mol. The maximum absolute atomic E-state index is 13.3. The van der Waals surface area contributed by atoms with Gasteiger partial charge in [0.2, 0.25) is 5.91 Å². The fourth-order valence-corrected chi connectivity index (χ4v) is 8.58. The molecule has 0 rings (SSSR count). The third-order valence-electron chi connectivity index (χ3n) is 12.9. The molecule has 0 aliphatic carbocycles. The summed E-state index contributed by atoms with van der Waals surface area (Å²) in [5, 5.41) is 23.9.